The summed E-state index contributed by atoms with van der Waals surface area (Å²) < 4.78 is 3.86. The van der Waals surface area contributed by atoms with E-state index < -0.39 is 0 Å². The van der Waals surface area contributed by atoms with E-state index in [-0.39, 0.29) is 6.04 Å². The molecule has 3 heteroatoms. The number of aliphatic imine (C=N–C) groups is 1. The normalized spacial score (nSPS) is 14.6. The minimum absolute atomic E-state index is 0.109. The highest BCUT2D eigenvalue weighted by molar-refractivity contribution is 6.15. The van der Waals surface area contributed by atoms with E-state index in [2.05, 4.69) is 77.5 Å². The molecule has 0 saturated heterocycles. The molecule has 3 aromatic rings. The highest BCUT2D eigenvalue weighted by Crippen LogP contribution is 2.36. The standard InChI is InChI=1S/C20H15N.C2H4O2/c1-3-9-15(10-4-1)19-17-13-7-8-14-18(17)20(21-19)16-11-5-2-6-12-16;1-4-2-3/h1-14,19H;2H,1H3. The van der Waals surface area contributed by atoms with Crippen LogP contribution in [0.4, 0.5) is 0 Å². The maximum Gasteiger partial charge on any atom is 0.292 e. The van der Waals surface area contributed by atoms with Gasteiger partial charge in [0.25, 0.3) is 6.47 Å². The van der Waals surface area contributed by atoms with Crippen LogP contribution in [0, 0.1) is 0 Å². The summed E-state index contributed by atoms with van der Waals surface area (Å²) in [6, 6.07) is 29.6. The molecule has 25 heavy (non-hydrogen) atoms. The Balaban J connectivity index is 0.000000415. The number of nitrogens with zero attached hydrogens (tertiary/aromatic N) is 1. The van der Waals surface area contributed by atoms with Crippen LogP contribution in [0.25, 0.3) is 0 Å². The van der Waals surface area contributed by atoms with Crippen molar-refractivity contribution in [3.63, 3.8) is 0 Å². The van der Waals surface area contributed by atoms with Crippen molar-refractivity contribution in [3.05, 3.63) is 107 Å². The number of hydrogen-bond donors (Lipinski definition) is 0. The van der Waals surface area contributed by atoms with Gasteiger partial charge in [-0.3, -0.25) is 9.79 Å². The first-order chi connectivity index (χ1) is 12.3. The van der Waals surface area contributed by atoms with E-state index in [1.54, 1.807) is 0 Å². The molecule has 0 radical (unpaired) electrons. The summed E-state index contributed by atoms with van der Waals surface area (Å²) in [5.41, 5.74) is 6.07. The van der Waals surface area contributed by atoms with Gasteiger partial charge in [0.15, 0.2) is 0 Å². The molecule has 1 aliphatic rings. The average molecular weight is 329 g/mol. The summed E-state index contributed by atoms with van der Waals surface area (Å²) in [6.45, 7) is 0.375. The van der Waals surface area contributed by atoms with E-state index in [1.165, 1.54) is 29.4 Å². The zero-order chi connectivity index (χ0) is 17.5. The highest BCUT2D eigenvalue weighted by atomic mass is 16.5. The third kappa shape index (κ3) is 3.66. The van der Waals surface area contributed by atoms with Crippen molar-refractivity contribution in [2.75, 3.05) is 7.11 Å². The first kappa shape index (κ1) is 16.7. The van der Waals surface area contributed by atoms with E-state index in [9.17, 15) is 0 Å². The van der Waals surface area contributed by atoms with Gasteiger partial charge in [-0.2, -0.15) is 0 Å². The van der Waals surface area contributed by atoms with Gasteiger partial charge in [0, 0.05) is 11.1 Å². The molecule has 1 atom stereocenters. The number of carbonyl (C=O) groups excluding carboxylic acids is 1. The van der Waals surface area contributed by atoms with Crippen molar-refractivity contribution < 1.29 is 9.53 Å². The lowest BCUT2D eigenvalue weighted by atomic mass is 9.95. The molecule has 3 aromatic carbocycles. The van der Waals surface area contributed by atoms with E-state index in [4.69, 9.17) is 9.79 Å². The van der Waals surface area contributed by atoms with Crippen molar-refractivity contribution in [1.82, 2.24) is 0 Å². The molecule has 0 amide bonds. The minimum Gasteiger partial charge on any atom is -0.471 e. The lowest BCUT2D eigenvalue weighted by Crippen LogP contribution is -1.99. The molecule has 0 aromatic heterocycles. The van der Waals surface area contributed by atoms with Crippen molar-refractivity contribution in [3.8, 4) is 0 Å². The Hall–Kier alpha value is -3.20. The van der Waals surface area contributed by atoms with Crippen LogP contribution in [0.1, 0.15) is 28.3 Å². The number of benzene rings is 3. The molecule has 1 aliphatic heterocycles. The topological polar surface area (TPSA) is 38.7 Å². The monoisotopic (exact) mass is 329 g/mol. The number of hydrogen-bond acceptors (Lipinski definition) is 3. The second-order valence-electron chi connectivity index (χ2n) is 5.58. The Morgan fingerprint density at radius 3 is 2.04 bits per heavy atom. The van der Waals surface area contributed by atoms with Gasteiger partial charge in [0.1, 0.15) is 6.04 Å². The van der Waals surface area contributed by atoms with Gasteiger partial charge in [0.05, 0.1) is 12.8 Å². The van der Waals surface area contributed by atoms with Crippen LogP contribution < -0.4 is 0 Å². The van der Waals surface area contributed by atoms with E-state index in [1.807, 2.05) is 12.1 Å². The Bertz CT molecular complexity index is 857. The fourth-order valence-corrected chi connectivity index (χ4v) is 2.93. The van der Waals surface area contributed by atoms with Gasteiger partial charge in [0.2, 0.25) is 0 Å². The van der Waals surface area contributed by atoms with Gasteiger partial charge in [-0.25, -0.2) is 0 Å². The molecule has 1 heterocycles. The van der Waals surface area contributed by atoms with Crippen molar-refractivity contribution in [2.24, 2.45) is 4.99 Å². The van der Waals surface area contributed by atoms with Crippen LogP contribution in [0.3, 0.4) is 0 Å². The van der Waals surface area contributed by atoms with Gasteiger partial charge in [-0.1, -0.05) is 84.9 Å². The van der Waals surface area contributed by atoms with Crippen LogP contribution in [0.5, 0.6) is 0 Å². The highest BCUT2D eigenvalue weighted by Gasteiger charge is 2.26. The molecule has 0 spiro atoms. The predicted octanol–water partition coefficient (Wildman–Crippen LogP) is 4.42. The molecule has 124 valence electrons. The summed E-state index contributed by atoms with van der Waals surface area (Å²) in [4.78, 5) is 14.0. The SMILES string of the molecule is COC=O.c1ccc(C2=NC(c3ccccc3)c3ccccc32)cc1. The fraction of sp³-hybridized carbons (Fsp3) is 0.0909. The Morgan fingerprint density at radius 2 is 1.40 bits per heavy atom. The first-order valence-electron chi connectivity index (χ1n) is 8.09. The fourth-order valence-electron chi connectivity index (χ4n) is 2.93. The second kappa shape index (κ2) is 8.06. The average Bonchev–Trinajstić information content (AvgIpc) is 3.09. The summed E-state index contributed by atoms with van der Waals surface area (Å²) in [7, 11) is 1.31. The molecular weight excluding hydrogens is 310 g/mol. The third-order valence-corrected chi connectivity index (χ3v) is 4.03. The van der Waals surface area contributed by atoms with Crippen molar-refractivity contribution in [2.45, 2.75) is 6.04 Å². The number of ether oxygens (including phenoxy) is 1. The second-order valence-corrected chi connectivity index (χ2v) is 5.58. The summed E-state index contributed by atoms with van der Waals surface area (Å²) in [5.74, 6) is 0. The Kier molecular flexibility index (Phi) is 5.37. The zero-order valence-corrected chi connectivity index (χ0v) is 14.0. The van der Waals surface area contributed by atoms with Gasteiger partial charge in [-0.15, -0.1) is 0 Å². The lowest BCUT2D eigenvalue weighted by Gasteiger charge is -2.09. The quantitative estimate of drug-likeness (QED) is 0.667. The Labute approximate surface area is 147 Å². The maximum atomic E-state index is 8.95. The summed E-state index contributed by atoms with van der Waals surface area (Å²) in [5, 5.41) is 0. The molecule has 0 bridgehead atoms. The van der Waals surface area contributed by atoms with E-state index in [0.29, 0.717) is 6.47 Å². The van der Waals surface area contributed by atoms with Crippen LogP contribution in [0.15, 0.2) is 89.9 Å². The summed E-state index contributed by atoms with van der Waals surface area (Å²) >= 11 is 0. The van der Waals surface area contributed by atoms with Crippen LogP contribution in [-0.4, -0.2) is 19.3 Å². The van der Waals surface area contributed by atoms with Crippen molar-refractivity contribution >= 4 is 12.2 Å². The van der Waals surface area contributed by atoms with Gasteiger partial charge in [-0.05, 0) is 11.1 Å². The van der Waals surface area contributed by atoms with Gasteiger partial charge < -0.3 is 4.74 Å². The molecule has 3 nitrogen and oxygen atoms in total. The van der Waals surface area contributed by atoms with E-state index in [0.717, 1.165) is 5.71 Å². The number of methoxy groups -OCH3 is 1. The third-order valence-electron chi connectivity index (χ3n) is 4.03. The van der Waals surface area contributed by atoms with Crippen LogP contribution >= 0.6 is 0 Å². The molecule has 0 aliphatic carbocycles. The minimum atomic E-state index is 0.109. The molecule has 0 N–H and O–H groups in total. The zero-order valence-electron chi connectivity index (χ0n) is 14.0. The van der Waals surface area contributed by atoms with Crippen LogP contribution in [-0.2, 0) is 9.53 Å². The Morgan fingerprint density at radius 1 is 0.840 bits per heavy atom. The van der Waals surface area contributed by atoms with Crippen LogP contribution in [0.2, 0.25) is 0 Å². The molecule has 0 saturated carbocycles. The first-order valence-corrected chi connectivity index (χ1v) is 8.09. The smallest absolute Gasteiger partial charge is 0.292 e. The number of rotatable bonds is 3. The molecular formula is C22H19NO2. The largest absolute Gasteiger partial charge is 0.471 e. The molecule has 0 fully saturated rings. The number of carbonyl (C=O) groups is 1. The molecule has 1 unspecified atom stereocenters. The molecule has 4 rings (SSSR count). The maximum absolute atomic E-state index is 8.95. The number of fused-ring (bicyclic) bond motifs is 1. The van der Waals surface area contributed by atoms with Gasteiger partial charge >= 0.3 is 0 Å². The predicted molar refractivity (Wildman–Crippen MR) is 99.9 cm³/mol. The lowest BCUT2D eigenvalue weighted by molar-refractivity contribution is -0.126. The van der Waals surface area contributed by atoms with Crippen molar-refractivity contribution in [1.29, 1.82) is 0 Å². The van der Waals surface area contributed by atoms with E-state index >= 15 is 0 Å². The summed E-state index contributed by atoms with van der Waals surface area (Å²) in [6.07, 6.45) is 0.